The van der Waals surface area contributed by atoms with Crippen molar-refractivity contribution >= 4 is 5.82 Å². The van der Waals surface area contributed by atoms with Crippen LogP contribution in [0.4, 0.5) is 5.82 Å². The van der Waals surface area contributed by atoms with Crippen molar-refractivity contribution < 1.29 is 4.74 Å². The number of hydrogen-bond acceptors (Lipinski definition) is 4. The van der Waals surface area contributed by atoms with Crippen LogP contribution in [0.25, 0.3) is 0 Å². The third-order valence-electron chi connectivity index (χ3n) is 2.45. The SMILES string of the molecule is CCOc1cccnc1NCc1cn[nH]c1C. The third kappa shape index (κ3) is 2.75. The number of H-pyrrole nitrogens is 1. The minimum atomic E-state index is 0.630. The molecule has 0 saturated heterocycles. The van der Waals surface area contributed by atoms with Crippen molar-refractivity contribution in [2.45, 2.75) is 20.4 Å². The molecule has 5 nitrogen and oxygen atoms in total. The number of nitrogens with one attached hydrogen (secondary N) is 2. The zero-order valence-corrected chi connectivity index (χ0v) is 10.0. The lowest BCUT2D eigenvalue weighted by Gasteiger charge is -2.10. The van der Waals surface area contributed by atoms with Gasteiger partial charge >= 0.3 is 0 Å². The minimum Gasteiger partial charge on any atom is -0.490 e. The van der Waals surface area contributed by atoms with E-state index < -0.39 is 0 Å². The maximum atomic E-state index is 5.49. The van der Waals surface area contributed by atoms with Gasteiger partial charge in [0.15, 0.2) is 11.6 Å². The van der Waals surface area contributed by atoms with E-state index in [1.54, 1.807) is 6.20 Å². The van der Waals surface area contributed by atoms with E-state index >= 15 is 0 Å². The van der Waals surface area contributed by atoms with Gasteiger partial charge in [-0.25, -0.2) is 4.98 Å². The topological polar surface area (TPSA) is 62.8 Å². The van der Waals surface area contributed by atoms with Crippen LogP contribution in [0.5, 0.6) is 5.75 Å². The first-order valence-corrected chi connectivity index (χ1v) is 5.61. The smallest absolute Gasteiger partial charge is 0.169 e. The van der Waals surface area contributed by atoms with Crippen molar-refractivity contribution in [3.8, 4) is 5.75 Å². The Morgan fingerprint density at radius 1 is 1.47 bits per heavy atom. The zero-order valence-electron chi connectivity index (χ0n) is 10.0. The molecule has 2 rings (SSSR count). The number of hydrogen-bond donors (Lipinski definition) is 2. The maximum absolute atomic E-state index is 5.49. The van der Waals surface area contributed by atoms with Crippen LogP contribution >= 0.6 is 0 Å². The summed E-state index contributed by atoms with van der Waals surface area (Å²) >= 11 is 0. The summed E-state index contributed by atoms with van der Waals surface area (Å²) in [4.78, 5) is 4.26. The average molecular weight is 232 g/mol. The van der Waals surface area contributed by atoms with Crippen LogP contribution in [0.15, 0.2) is 24.5 Å². The number of aryl methyl sites for hydroxylation is 1. The quantitative estimate of drug-likeness (QED) is 0.829. The van der Waals surface area contributed by atoms with Crippen LogP contribution in [0.1, 0.15) is 18.2 Å². The van der Waals surface area contributed by atoms with Crippen LogP contribution in [0.2, 0.25) is 0 Å². The summed E-state index contributed by atoms with van der Waals surface area (Å²) in [5.41, 5.74) is 2.18. The number of anilines is 1. The van der Waals surface area contributed by atoms with Gasteiger partial charge in [0.05, 0.1) is 12.8 Å². The molecule has 2 N–H and O–H groups in total. The Kier molecular flexibility index (Phi) is 3.59. The fraction of sp³-hybridized carbons (Fsp3) is 0.333. The fourth-order valence-corrected chi connectivity index (χ4v) is 1.53. The van der Waals surface area contributed by atoms with E-state index in [1.807, 2.05) is 32.2 Å². The largest absolute Gasteiger partial charge is 0.490 e. The molecule has 0 saturated carbocycles. The molecule has 0 fully saturated rings. The molecule has 0 aliphatic heterocycles. The molecular formula is C12H16N4O. The molecular weight excluding hydrogens is 216 g/mol. The summed E-state index contributed by atoms with van der Waals surface area (Å²) in [6.45, 7) is 5.26. The predicted molar refractivity (Wildman–Crippen MR) is 66.1 cm³/mol. The monoisotopic (exact) mass is 232 g/mol. The van der Waals surface area contributed by atoms with Gasteiger partial charge in [0.25, 0.3) is 0 Å². The van der Waals surface area contributed by atoms with Crippen molar-refractivity contribution in [2.24, 2.45) is 0 Å². The molecule has 5 heteroatoms. The second-order valence-corrected chi connectivity index (χ2v) is 3.66. The van der Waals surface area contributed by atoms with E-state index in [1.165, 1.54) is 0 Å². The fourth-order valence-electron chi connectivity index (χ4n) is 1.53. The van der Waals surface area contributed by atoms with Gasteiger partial charge in [-0.05, 0) is 26.0 Å². The molecule has 0 spiro atoms. The molecule has 0 atom stereocenters. The van der Waals surface area contributed by atoms with E-state index in [0.29, 0.717) is 13.2 Å². The molecule has 2 aromatic heterocycles. The second-order valence-electron chi connectivity index (χ2n) is 3.66. The molecule has 2 heterocycles. The zero-order chi connectivity index (χ0) is 12.1. The van der Waals surface area contributed by atoms with Crippen molar-refractivity contribution in [1.29, 1.82) is 0 Å². The molecule has 0 aliphatic carbocycles. The third-order valence-corrected chi connectivity index (χ3v) is 2.45. The molecule has 0 radical (unpaired) electrons. The Labute approximate surface area is 100 Å². The Balaban J connectivity index is 2.06. The number of pyridine rings is 1. The molecule has 17 heavy (non-hydrogen) atoms. The summed E-state index contributed by atoms with van der Waals surface area (Å²) in [5.74, 6) is 1.53. The number of rotatable bonds is 5. The average Bonchev–Trinajstić information content (AvgIpc) is 2.74. The highest BCUT2D eigenvalue weighted by atomic mass is 16.5. The molecule has 0 amide bonds. The lowest BCUT2D eigenvalue weighted by Crippen LogP contribution is -2.04. The first-order valence-electron chi connectivity index (χ1n) is 5.61. The standard InChI is InChI=1S/C12H16N4O/c1-3-17-11-5-4-6-13-12(11)14-7-10-8-15-16-9(10)2/h4-6,8H,3,7H2,1-2H3,(H,13,14)(H,15,16). The van der Waals surface area contributed by atoms with Gasteiger partial charge in [0, 0.05) is 24.0 Å². The summed E-state index contributed by atoms with van der Waals surface area (Å²) in [5, 5.41) is 10.1. The van der Waals surface area contributed by atoms with Crippen LogP contribution in [0.3, 0.4) is 0 Å². The van der Waals surface area contributed by atoms with Crippen molar-refractivity contribution in [1.82, 2.24) is 15.2 Å². The van der Waals surface area contributed by atoms with E-state index in [2.05, 4.69) is 20.5 Å². The normalized spacial score (nSPS) is 10.2. The minimum absolute atomic E-state index is 0.630. The molecule has 0 unspecified atom stereocenters. The van der Waals surface area contributed by atoms with Gasteiger partial charge in [-0.3, -0.25) is 5.10 Å². The second kappa shape index (κ2) is 5.34. The van der Waals surface area contributed by atoms with Gasteiger partial charge < -0.3 is 10.1 Å². The van der Waals surface area contributed by atoms with Crippen LogP contribution in [-0.2, 0) is 6.54 Å². The Hall–Kier alpha value is -2.04. The van der Waals surface area contributed by atoms with Crippen molar-refractivity contribution in [2.75, 3.05) is 11.9 Å². The van der Waals surface area contributed by atoms with Gasteiger partial charge in [0.1, 0.15) is 0 Å². The molecule has 0 aromatic carbocycles. The Morgan fingerprint density at radius 2 is 2.35 bits per heavy atom. The predicted octanol–water partition coefficient (Wildman–Crippen LogP) is 2.12. The van der Waals surface area contributed by atoms with Crippen LogP contribution < -0.4 is 10.1 Å². The molecule has 90 valence electrons. The van der Waals surface area contributed by atoms with E-state index in [-0.39, 0.29) is 0 Å². The number of aromatic amines is 1. The van der Waals surface area contributed by atoms with Crippen molar-refractivity contribution in [3.05, 3.63) is 35.8 Å². The molecule has 0 aliphatic rings. The summed E-state index contributed by atoms with van der Waals surface area (Å²) in [6, 6.07) is 3.76. The first-order chi connectivity index (χ1) is 8.31. The highest BCUT2D eigenvalue weighted by molar-refractivity contribution is 5.49. The Morgan fingerprint density at radius 3 is 3.06 bits per heavy atom. The highest BCUT2D eigenvalue weighted by Crippen LogP contribution is 2.21. The van der Waals surface area contributed by atoms with Gasteiger partial charge in [0.2, 0.25) is 0 Å². The maximum Gasteiger partial charge on any atom is 0.169 e. The molecule has 0 bridgehead atoms. The first kappa shape index (κ1) is 11.4. The van der Waals surface area contributed by atoms with E-state index in [0.717, 1.165) is 22.8 Å². The van der Waals surface area contributed by atoms with Crippen LogP contribution in [0, 0.1) is 6.92 Å². The van der Waals surface area contributed by atoms with Gasteiger partial charge in [-0.2, -0.15) is 5.10 Å². The Bertz CT molecular complexity index is 481. The number of nitrogens with zero attached hydrogens (tertiary/aromatic N) is 2. The number of ether oxygens (including phenoxy) is 1. The van der Waals surface area contributed by atoms with Gasteiger partial charge in [-0.15, -0.1) is 0 Å². The van der Waals surface area contributed by atoms with E-state index in [4.69, 9.17) is 4.74 Å². The lowest BCUT2D eigenvalue weighted by atomic mass is 10.2. The van der Waals surface area contributed by atoms with Gasteiger partial charge in [-0.1, -0.05) is 0 Å². The number of aromatic nitrogens is 3. The van der Waals surface area contributed by atoms with Crippen LogP contribution in [-0.4, -0.2) is 21.8 Å². The van der Waals surface area contributed by atoms with E-state index in [9.17, 15) is 0 Å². The molecule has 2 aromatic rings. The van der Waals surface area contributed by atoms with Crippen molar-refractivity contribution in [3.63, 3.8) is 0 Å². The lowest BCUT2D eigenvalue weighted by molar-refractivity contribution is 0.340. The highest BCUT2D eigenvalue weighted by Gasteiger charge is 2.05. The summed E-state index contributed by atoms with van der Waals surface area (Å²) in [6.07, 6.45) is 3.55. The summed E-state index contributed by atoms with van der Waals surface area (Å²) < 4.78 is 5.49. The summed E-state index contributed by atoms with van der Waals surface area (Å²) in [7, 11) is 0.